The van der Waals surface area contributed by atoms with Crippen molar-refractivity contribution >= 4 is 17.9 Å². The van der Waals surface area contributed by atoms with Crippen molar-refractivity contribution < 1.29 is 28.6 Å². The van der Waals surface area contributed by atoms with Crippen LogP contribution in [-0.4, -0.2) is 37.2 Å². The Balaban J connectivity index is 4.09. The van der Waals surface area contributed by atoms with Crippen molar-refractivity contribution in [3.05, 3.63) is 48.6 Å². The zero-order valence-electron chi connectivity index (χ0n) is 37.6. The molecule has 0 aliphatic heterocycles. The summed E-state index contributed by atoms with van der Waals surface area (Å²) < 4.78 is 16.6. The third-order valence-corrected chi connectivity index (χ3v) is 10.3. The molecule has 0 aliphatic carbocycles. The molecule has 0 bridgehead atoms. The zero-order chi connectivity index (χ0) is 41.5. The summed E-state index contributed by atoms with van der Waals surface area (Å²) in [5, 5.41) is 0. The molecule has 0 aliphatic rings. The Morgan fingerprint density at radius 1 is 0.368 bits per heavy atom. The normalized spacial score (nSPS) is 12.4. The van der Waals surface area contributed by atoms with E-state index >= 15 is 0 Å². The Morgan fingerprint density at radius 2 is 0.684 bits per heavy atom. The van der Waals surface area contributed by atoms with Crippen molar-refractivity contribution in [1.82, 2.24) is 0 Å². The summed E-state index contributed by atoms with van der Waals surface area (Å²) >= 11 is 0. The van der Waals surface area contributed by atoms with E-state index in [0.29, 0.717) is 19.3 Å². The van der Waals surface area contributed by atoms with Crippen LogP contribution in [-0.2, 0) is 28.6 Å². The summed E-state index contributed by atoms with van der Waals surface area (Å²) in [6.07, 6.45) is 54.2. The van der Waals surface area contributed by atoms with Crippen molar-refractivity contribution in [3.8, 4) is 0 Å². The molecule has 0 spiro atoms. The maximum atomic E-state index is 12.7. The van der Waals surface area contributed by atoms with Crippen molar-refractivity contribution in [3.63, 3.8) is 0 Å². The van der Waals surface area contributed by atoms with E-state index in [1.807, 2.05) is 0 Å². The second-order valence-corrected chi connectivity index (χ2v) is 16.0. The minimum Gasteiger partial charge on any atom is -0.462 e. The third kappa shape index (κ3) is 44.3. The van der Waals surface area contributed by atoms with Gasteiger partial charge in [0.1, 0.15) is 13.2 Å². The van der Waals surface area contributed by atoms with E-state index < -0.39 is 6.10 Å². The van der Waals surface area contributed by atoms with Crippen molar-refractivity contribution in [2.75, 3.05) is 13.2 Å². The molecule has 0 rings (SSSR count). The van der Waals surface area contributed by atoms with Crippen LogP contribution in [0, 0.1) is 0 Å². The number of esters is 3. The molecule has 0 heterocycles. The van der Waals surface area contributed by atoms with Crippen LogP contribution < -0.4 is 0 Å². The number of rotatable bonds is 43. The van der Waals surface area contributed by atoms with Gasteiger partial charge in [0, 0.05) is 19.3 Å². The van der Waals surface area contributed by atoms with Crippen molar-refractivity contribution in [1.29, 1.82) is 0 Å². The maximum Gasteiger partial charge on any atom is 0.306 e. The predicted octanol–water partition coefficient (Wildman–Crippen LogP) is 15.5. The summed E-state index contributed by atoms with van der Waals surface area (Å²) in [5.41, 5.74) is 0. The van der Waals surface area contributed by atoms with Gasteiger partial charge in [-0.1, -0.05) is 211 Å². The molecular weight excluding hydrogens is 709 g/mol. The molecule has 1 unspecified atom stereocenters. The van der Waals surface area contributed by atoms with Crippen LogP contribution in [0.5, 0.6) is 0 Å². The fourth-order valence-electron chi connectivity index (χ4n) is 6.73. The molecule has 1 atom stereocenters. The average molecular weight is 799 g/mol. The van der Waals surface area contributed by atoms with Crippen LogP contribution in [0.3, 0.4) is 0 Å². The zero-order valence-corrected chi connectivity index (χ0v) is 37.6. The van der Waals surface area contributed by atoms with E-state index in [0.717, 1.165) is 89.9 Å². The number of unbranched alkanes of at least 4 members (excludes halogenated alkanes) is 24. The molecular formula is C51H90O6. The van der Waals surface area contributed by atoms with Gasteiger partial charge in [-0.2, -0.15) is 0 Å². The fourth-order valence-corrected chi connectivity index (χ4v) is 6.73. The highest BCUT2D eigenvalue weighted by Gasteiger charge is 2.19. The molecule has 0 saturated carbocycles. The van der Waals surface area contributed by atoms with E-state index in [4.69, 9.17) is 14.2 Å². The van der Waals surface area contributed by atoms with E-state index in [-0.39, 0.29) is 31.1 Å². The van der Waals surface area contributed by atoms with Gasteiger partial charge in [0.25, 0.3) is 0 Å². The topological polar surface area (TPSA) is 78.9 Å². The monoisotopic (exact) mass is 799 g/mol. The summed E-state index contributed by atoms with van der Waals surface area (Å²) in [5.74, 6) is -0.889. The standard InChI is InChI=1S/C51H90O6/c1-4-7-10-13-15-17-19-20-21-22-23-24-25-26-27-28-29-30-32-33-35-38-41-44-50(53)56-47-48(46-55-49(52)43-40-37-12-9-6-3)57-51(54)45-42-39-36-34-31-18-16-14-11-8-5-2/h7,10,15,17,20-21,23-24,48H,4-6,8-9,11-14,16,18-19,22,25-47H2,1-3H3/b10-7-,17-15-,21-20-,24-23-. The van der Waals surface area contributed by atoms with Crippen molar-refractivity contribution in [2.45, 2.75) is 245 Å². The number of carbonyl (C=O) groups excluding carboxylic acids is 3. The molecule has 57 heavy (non-hydrogen) atoms. The van der Waals surface area contributed by atoms with Gasteiger partial charge in [-0.05, 0) is 57.8 Å². The summed E-state index contributed by atoms with van der Waals surface area (Å²) in [4.78, 5) is 37.5. The SMILES string of the molecule is CC/C=C\C/C=C\C/C=C\C/C=C\CCCCCCCCCCCCC(=O)OCC(COC(=O)CCCCCCC)OC(=O)CCCCCCCCCCCCC. The summed E-state index contributed by atoms with van der Waals surface area (Å²) in [6.45, 7) is 6.43. The first-order valence-electron chi connectivity index (χ1n) is 24.1. The molecule has 0 aromatic rings. The van der Waals surface area contributed by atoms with Gasteiger partial charge in [0.2, 0.25) is 0 Å². The maximum absolute atomic E-state index is 12.7. The Bertz CT molecular complexity index is 1010. The van der Waals surface area contributed by atoms with Gasteiger partial charge in [-0.3, -0.25) is 14.4 Å². The largest absolute Gasteiger partial charge is 0.462 e. The highest BCUT2D eigenvalue weighted by Crippen LogP contribution is 2.15. The lowest BCUT2D eigenvalue weighted by molar-refractivity contribution is -0.167. The quantitative estimate of drug-likeness (QED) is 0.0265. The molecule has 330 valence electrons. The molecule has 0 amide bonds. The highest BCUT2D eigenvalue weighted by molar-refractivity contribution is 5.71. The molecule has 0 radical (unpaired) electrons. The molecule has 0 aromatic carbocycles. The molecule has 0 saturated heterocycles. The van der Waals surface area contributed by atoms with Crippen LogP contribution in [0.4, 0.5) is 0 Å². The Labute approximate surface area is 352 Å². The fraction of sp³-hybridized carbons (Fsp3) is 0.784. The third-order valence-electron chi connectivity index (χ3n) is 10.3. The molecule has 0 N–H and O–H groups in total. The van der Waals surface area contributed by atoms with Gasteiger partial charge >= 0.3 is 17.9 Å². The second kappa shape index (κ2) is 46.1. The first-order valence-corrected chi connectivity index (χ1v) is 24.1. The van der Waals surface area contributed by atoms with Gasteiger partial charge in [-0.15, -0.1) is 0 Å². The Kier molecular flexibility index (Phi) is 43.9. The number of hydrogen-bond acceptors (Lipinski definition) is 6. The summed E-state index contributed by atoms with van der Waals surface area (Å²) in [6, 6.07) is 0. The van der Waals surface area contributed by atoms with Crippen LogP contribution >= 0.6 is 0 Å². The van der Waals surface area contributed by atoms with Gasteiger partial charge in [-0.25, -0.2) is 0 Å². The van der Waals surface area contributed by atoms with Gasteiger partial charge in [0.05, 0.1) is 0 Å². The number of hydrogen-bond donors (Lipinski definition) is 0. The highest BCUT2D eigenvalue weighted by atomic mass is 16.6. The summed E-state index contributed by atoms with van der Waals surface area (Å²) in [7, 11) is 0. The van der Waals surface area contributed by atoms with Crippen LogP contribution in [0.25, 0.3) is 0 Å². The Hall–Kier alpha value is -2.63. The van der Waals surface area contributed by atoms with Gasteiger partial charge in [0.15, 0.2) is 6.10 Å². The minimum atomic E-state index is -0.766. The number of allylic oxidation sites excluding steroid dienone is 8. The average Bonchev–Trinajstić information content (AvgIpc) is 3.21. The smallest absolute Gasteiger partial charge is 0.306 e. The van der Waals surface area contributed by atoms with Gasteiger partial charge < -0.3 is 14.2 Å². The molecule has 6 heteroatoms. The number of carbonyl (C=O) groups is 3. The first kappa shape index (κ1) is 54.4. The number of ether oxygens (including phenoxy) is 3. The van der Waals surface area contributed by atoms with Crippen LogP contribution in [0.15, 0.2) is 48.6 Å². The lowest BCUT2D eigenvalue weighted by Crippen LogP contribution is -2.30. The minimum absolute atomic E-state index is 0.0731. The molecule has 0 aromatic heterocycles. The molecule has 6 nitrogen and oxygen atoms in total. The van der Waals surface area contributed by atoms with E-state index in [1.165, 1.54) is 109 Å². The second-order valence-electron chi connectivity index (χ2n) is 16.0. The predicted molar refractivity (Wildman–Crippen MR) is 242 cm³/mol. The molecule has 0 fully saturated rings. The van der Waals surface area contributed by atoms with Crippen LogP contribution in [0.1, 0.15) is 239 Å². The Morgan fingerprint density at radius 3 is 1.07 bits per heavy atom. The first-order chi connectivity index (χ1) is 28.0. The lowest BCUT2D eigenvalue weighted by Gasteiger charge is -2.18. The van der Waals surface area contributed by atoms with E-state index in [2.05, 4.69) is 69.4 Å². The van der Waals surface area contributed by atoms with E-state index in [1.54, 1.807) is 0 Å². The van der Waals surface area contributed by atoms with E-state index in [9.17, 15) is 14.4 Å². The van der Waals surface area contributed by atoms with Crippen molar-refractivity contribution in [2.24, 2.45) is 0 Å². The lowest BCUT2D eigenvalue weighted by atomic mass is 10.1. The van der Waals surface area contributed by atoms with Crippen LogP contribution in [0.2, 0.25) is 0 Å².